The molecule has 4 aliphatic carbocycles. The number of hydrogen-bond donors (Lipinski definition) is 7. The molecule has 26 atom stereocenters. The molecule has 5 fully saturated rings. The van der Waals surface area contributed by atoms with Gasteiger partial charge in [-0.25, -0.2) is 4.39 Å². The van der Waals surface area contributed by atoms with E-state index in [-0.39, 0.29) is 80.2 Å². The summed E-state index contributed by atoms with van der Waals surface area (Å²) in [6, 6.07) is -1.10. The van der Waals surface area contributed by atoms with Crippen molar-refractivity contribution in [1.29, 1.82) is 0 Å². The predicted octanol–water partition coefficient (Wildman–Crippen LogP) is 5.01. The Morgan fingerprint density at radius 3 is 2.23 bits per heavy atom. The quantitative estimate of drug-likeness (QED) is 0.0771. The third-order valence-corrected chi connectivity index (χ3v) is 21.2. The van der Waals surface area contributed by atoms with Crippen LogP contribution in [0.5, 0.6) is 0 Å². The van der Waals surface area contributed by atoms with Gasteiger partial charge in [-0.3, -0.25) is 19.3 Å². The number of amides is 1. The van der Waals surface area contributed by atoms with Gasteiger partial charge in [0.05, 0.1) is 47.6 Å². The normalized spacial score (nSPS) is 49.9. The van der Waals surface area contributed by atoms with Crippen LogP contribution in [0.1, 0.15) is 148 Å². The Labute approximate surface area is 475 Å². The van der Waals surface area contributed by atoms with Crippen LogP contribution in [0.2, 0.25) is 0 Å². The van der Waals surface area contributed by atoms with Gasteiger partial charge in [-0.1, -0.05) is 52.3 Å². The largest absolute Gasteiger partial charge is 0.459 e. The van der Waals surface area contributed by atoms with Gasteiger partial charge in [-0.05, 0) is 144 Å². The molecule has 3 heterocycles. The second kappa shape index (κ2) is 24.5. The van der Waals surface area contributed by atoms with E-state index in [1.54, 1.807) is 61.5 Å². The molecule has 0 radical (unpaired) electrons. The minimum Gasteiger partial charge on any atom is -0.459 e. The van der Waals surface area contributed by atoms with E-state index in [2.05, 4.69) is 5.32 Å². The lowest BCUT2D eigenvalue weighted by Gasteiger charge is -2.61. The molecular weight excluding hydrogens is 1030 g/mol. The van der Waals surface area contributed by atoms with Crippen LogP contribution in [0, 0.1) is 52.3 Å². The molecule has 2 saturated carbocycles. The number of nitrogens with one attached hydrogen (secondary N) is 1. The molecule has 7 rings (SSSR count). The fraction of sp³-hybridized carbons (Fsp3) is 0.885. The summed E-state index contributed by atoms with van der Waals surface area (Å²) in [5.41, 5.74) is -7.88. The molecule has 0 aromatic rings. The van der Waals surface area contributed by atoms with Gasteiger partial charge in [0.25, 0.3) is 0 Å². The number of cyclic esters (lactones) is 1. The Morgan fingerprint density at radius 2 is 1.59 bits per heavy atom. The third-order valence-electron chi connectivity index (χ3n) is 21.2. The number of rotatable bonds is 12. The van der Waals surface area contributed by atoms with Gasteiger partial charge in [0.1, 0.15) is 30.0 Å². The van der Waals surface area contributed by atoms with E-state index in [4.69, 9.17) is 28.4 Å². The van der Waals surface area contributed by atoms with Crippen molar-refractivity contribution >= 4 is 17.7 Å². The van der Waals surface area contributed by atoms with E-state index < -0.39 is 130 Å². The molecule has 3 unspecified atom stereocenters. The van der Waals surface area contributed by atoms with Crippen LogP contribution in [-0.4, -0.2) is 201 Å². The number of fused-ring (bicyclic) bond motifs is 5. The highest BCUT2D eigenvalue weighted by atomic mass is 19.1. The smallest absolute Gasteiger partial charge is 0.311 e. The van der Waals surface area contributed by atoms with E-state index in [1.165, 1.54) is 20.1 Å². The molecule has 80 heavy (non-hydrogen) atoms. The van der Waals surface area contributed by atoms with Crippen LogP contribution in [0.3, 0.4) is 0 Å². The number of methoxy groups -OCH3 is 1. The van der Waals surface area contributed by atoms with Crippen molar-refractivity contribution in [1.82, 2.24) is 15.1 Å². The average molecular weight is 1140 g/mol. The highest BCUT2D eigenvalue weighted by Gasteiger charge is 2.71. The predicted molar refractivity (Wildman–Crippen MR) is 297 cm³/mol. The summed E-state index contributed by atoms with van der Waals surface area (Å²) in [5, 5.41) is 75.9. The zero-order chi connectivity index (χ0) is 59.6. The fourth-order valence-electron chi connectivity index (χ4n) is 16.5. The molecule has 7 N–H and O–H groups in total. The maximum Gasteiger partial charge on any atom is 0.311 e. The minimum atomic E-state index is -2.00. The van der Waals surface area contributed by atoms with Crippen LogP contribution >= 0.6 is 0 Å². The molecule has 3 aliphatic heterocycles. The van der Waals surface area contributed by atoms with Crippen LogP contribution in [0.4, 0.5) is 4.39 Å². The molecule has 0 spiro atoms. The zero-order valence-electron chi connectivity index (χ0n) is 50.9. The Balaban J connectivity index is 1.15. The number of hydrogen-bond acceptors (Lipinski definition) is 17. The lowest BCUT2D eigenvalue weighted by molar-refractivity contribution is -0.318. The van der Waals surface area contributed by atoms with E-state index >= 15 is 4.39 Å². The topological polar surface area (TPSA) is 246 Å². The van der Waals surface area contributed by atoms with Crippen molar-refractivity contribution in [3.05, 3.63) is 23.8 Å². The molecular formula is C61H102FN3O15. The highest BCUT2D eigenvalue weighted by molar-refractivity contribution is 5.93. The number of allylic oxidation sites excluding steroid dienone is 4. The Hall–Kier alpha value is -2.50. The molecule has 458 valence electrons. The molecule has 0 aromatic heterocycles. The van der Waals surface area contributed by atoms with Crippen LogP contribution in [0.25, 0.3) is 0 Å². The molecule has 0 bridgehead atoms. The fourth-order valence-corrected chi connectivity index (χ4v) is 16.5. The van der Waals surface area contributed by atoms with E-state index in [0.717, 1.165) is 0 Å². The summed E-state index contributed by atoms with van der Waals surface area (Å²) in [6.45, 7) is 24.1. The van der Waals surface area contributed by atoms with Crippen LogP contribution in [-0.2, 0) is 42.8 Å². The molecule has 3 saturated heterocycles. The van der Waals surface area contributed by atoms with E-state index in [9.17, 15) is 45.0 Å². The summed E-state index contributed by atoms with van der Waals surface area (Å²) in [4.78, 5) is 45.6. The number of ketones is 1. The lowest BCUT2D eigenvalue weighted by Crippen LogP contribution is -2.66. The first-order valence-electron chi connectivity index (χ1n) is 30.0. The minimum absolute atomic E-state index is 0.0777. The first-order chi connectivity index (χ1) is 37.1. The van der Waals surface area contributed by atoms with Crippen LogP contribution < -0.4 is 5.32 Å². The highest BCUT2D eigenvalue weighted by Crippen LogP contribution is 2.69. The lowest BCUT2D eigenvalue weighted by atomic mass is 9.46. The number of halogens is 1. The number of likely N-dealkylation sites (N-methyl/N-ethyl adjacent to an activating group) is 1. The van der Waals surface area contributed by atoms with Gasteiger partial charge in [0, 0.05) is 74.8 Å². The van der Waals surface area contributed by atoms with Crippen LogP contribution in [0.15, 0.2) is 23.8 Å². The molecule has 19 heteroatoms. The second-order valence-electron chi connectivity index (χ2n) is 27.4. The molecule has 0 aromatic carbocycles. The van der Waals surface area contributed by atoms with Gasteiger partial charge in [-0.2, -0.15) is 0 Å². The number of aliphatic hydroxyl groups excluding tert-OH is 4. The molecule has 7 aliphatic rings. The first-order valence-corrected chi connectivity index (χ1v) is 30.0. The number of ether oxygens (including phenoxy) is 6. The van der Waals surface area contributed by atoms with Crippen molar-refractivity contribution < 1.29 is 77.8 Å². The number of alkyl halides is 1. The first kappa shape index (κ1) is 65.1. The van der Waals surface area contributed by atoms with Crippen molar-refractivity contribution in [2.24, 2.45) is 52.3 Å². The van der Waals surface area contributed by atoms with Crippen molar-refractivity contribution in [3.63, 3.8) is 0 Å². The van der Waals surface area contributed by atoms with Crippen molar-refractivity contribution in [3.8, 4) is 0 Å². The third kappa shape index (κ3) is 12.0. The number of carbonyl (C=O) groups is 3. The number of nitrogens with zero attached hydrogens (tertiary/aromatic N) is 2. The van der Waals surface area contributed by atoms with Gasteiger partial charge in [-0.15, -0.1) is 0 Å². The standard InChI is InChI=1S/C61H102FN3O15/c1-17-45-60(13,74)50(69)37(7)65(24-18-23-63-53(71)47-33(3)25-42-41-20-19-39-27-40(66)21-22-57(39,10)61(41,62)44(67)29-56(42,47)9)31-32(2)28-58(11,73)52(80-55-48(68)43(64(14)15)26-34(4)76-55)35(5)49(36(6)54(72)78-45)79-46-30-59(12,75-16)51(70)38(8)77-46/h19,21-22,32-38,41-52,55,67-70,73-74H,17-18,20,23-31H2,1-16H3,(H,63,71)/t32-,33-,34-,35+,36-,37-,38?,41?,42?,43-,44+,45-,46-,47-,48-,49+,50-,51-,52-,55+,56+,57+,58-,59+,60-,61+/m1/s1. The number of aliphatic hydroxyl groups is 6. The van der Waals surface area contributed by atoms with Gasteiger partial charge in [0.2, 0.25) is 5.91 Å². The Kier molecular flexibility index (Phi) is 19.9. The number of esters is 1. The van der Waals surface area contributed by atoms with Gasteiger partial charge < -0.3 is 69.3 Å². The zero-order valence-corrected chi connectivity index (χ0v) is 50.9. The summed E-state index contributed by atoms with van der Waals surface area (Å²) in [6.07, 6.45) is -4.12. The van der Waals surface area contributed by atoms with E-state index in [1.807, 2.05) is 57.7 Å². The van der Waals surface area contributed by atoms with Crippen molar-refractivity contribution in [2.45, 2.75) is 250 Å². The average Bonchev–Trinajstić information content (AvgIpc) is 3.64. The molecule has 1 amide bonds. The number of carbonyl (C=O) groups excluding carboxylic acids is 3. The summed E-state index contributed by atoms with van der Waals surface area (Å²) >= 11 is 0. The van der Waals surface area contributed by atoms with Gasteiger partial charge in [0.15, 0.2) is 24.0 Å². The SMILES string of the molecule is CC[C@H]1OC(=O)[C@H](C)[C@@H](O[C@@H]2C[C@](C)(OC)[C@H](O)C(C)O2)[C@H](C)[C@@H](O[C@@H]2O[C@H](C)C[C@@H](N(C)C)[C@H]2O)[C@](C)(O)C[C@@H](C)CN(CCCNC(=O)[C@H]2[C@H](C)CC3C4CC=C5CC(=O)C=C[C@]5(C)[C@@]4(F)[C@@H](O)C[C@@]32C)[C@H](C)[C@@H](O)[C@]1(C)O. The monoisotopic (exact) mass is 1140 g/mol. The maximum atomic E-state index is 17.9. The maximum absolute atomic E-state index is 17.9. The Morgan fingerprint density at radius 1 is 0.912 bits per heavy atom. The summed E-state index contributed by atoms with van der Waals surface area (Å²) in [7, 11) is 5.23. The molecule has 18 nitrogen and oxygen atoms in total. The van der Waals surface area contributed by atoms with Gasteiger partial charge >= 0.3 is 5.97 Å². The Bertz CT molecular complexity index is 2250. The summed E-state index contributed by atoms with van der Waals surface area (Å²) < 4.78 is 56.2. The summed E-state index contributed by atoms with van der Waals surface area (Å²) in [5.74, 6) is -4.62. The van der Waals surface area contributed by atoms with Crippen molar-refractivity contribution in [2.75, 3.05) is 40.8 Å². The van der Waals surface area contributed by atoms with E-state index in [0.29, 0.717) is 44.3 Å². The second-order valence-corrected chi connectivity index (χ2v) is 27.4.